The van der Waals surface area contributed by atoms with E-state index in [1.165, 1.54) is 28.0 Å². The first-order valence-corrected chi connectivity index (χ1v) is 12.6. The number of fused-ring (bicyclic) bond motifs is 1. The van der Waals surface area contributed by atoms with Gasteiger partial charge in [0.15, 0.2) is 5.82 Å². The van der Waals surface area contributed by atoms with Gasteiger partial charge in [0.1, 0.15) is 11.1 Å². The van der Waals surface area contributed by atoms with Gasteiger partial charge in [0, 0.05) is 10.4 Å². The van der Waals surface area contributed by atoms with Gasteiger partial charge in [-0.05, 0) is 43.4 Å². The van der Waals surface area contributed by atoms with Crippen molar-refractivity contribution >= 4 is 34.0 Å². The fraction of sp³-hybridized carbons (Fsp3) is 0.200. The molecule has 0 unspecified atom stereocenters. The Morgan fingerprint density at radius 3 is 2.58 bits per heavy atom. The number of nitrogens with zero attached hydrogens (tertiary/aromatic N) is 4. The third kappa shape index (κ3) is 4.56. The largest absolute Gasteiger partial charge is 0.316 e. The zero-order valence-electron chi connectivity index (χ0n) is 17.8. The van der Waals surface area contributed by atoms with Crippen molar-refractivity contribution in [1.82, 2.24) is 14.8 Å². The molecule has 4 aromatic rings. The topological polar surface area (TPSA) is 83.6 Å². The van der Waals surface area contributed by atoms with Gasteiger partial charge in [0.2, 0.25) is 11.1 Å². The molecule has 1 aliphatic carbocycles. The maximum absolute atomic E-state index is 12.7. The van der Waals surface area contributed by atoms with Crippen LogP contribution in [0.25, 0.3) is 17.1 Å². The van der Waals surface area contributed by atoms with Crippen molar-refractivity contribution in [3.63, 3.8) is 0 Å². The third-order valence-corrected chi connectivity index (χ3v) is 7.53. The number of nitrogens with one attached hydrogen (secondary N) is 1. The van der Waals surface area contributed by atoms with E-state index < -0.39 is 0 Å². The van der Waals surface area contributed by atoms with E-state index in [4.69, 9.17) is 4.98 Å². The fourth-order valence-electron chi connectivity index (χ4n) is 3.94. The summed E-state index contributed by atoms with van der Waals surface area (Å²) >= 11 is 2.83. The third-order valence-electron chi connectivity index (χ3n) is 5.49. The predicted molar refractivity (Wildman–Crippen MR) is 132 cm³/mol. The maximum Gasteiger partial charge on any atom is 0.235 e. The zero-order valence-corrected chi connectivity index (χ0v) is 19.5. The Labute approximate surface area is 200 Å². The van der Waals surface area contributed by atoms with E-state index in [2.05, 4.69) is 16.5 Å². The smallest absolute Gasteiger partial charge is 0.235 e. The number of aromatic nitrogens is 3. The van der Waals surface area contributed by atoms with Crippen molar-refractivity contribution < 1.29 is 4.79 Å². The van der Waals surface area contributed by atoms with Crippen LogP contribution in [-0.4, -0.2) is 26.4 Å². The van der Waals surface area contributed by atoms with Crippen molar-refractivity contribution in [2.75, 3.05) is 11.1 Å². The number of carbonyl (C=O) groups excluding carboxylic acids is 1. The van der Waals surface area contributed by atoms with Crippen LogP contribution in [0.15, 0.2) is 65.8 Å². The number of carbonyl (C=O) groups is 1. The Balaban J connectivity index is 1.34. The number of hydrogen-bond donors (Lipinski definition) is 1. The first kappa shape index (κ1) is 21.4. The van der Waals surface area contributed by atoms with Crippen molar-refractivity contribution in [3.8, 4) is 23.1 Å². The molecular formula is C25H21N5OS2. The van der Waals surface area contributed by atoms with Crippen LogP contribution < -0.4 is 5.32 Å². The molecular weight excluding hydrogens is 450 g/mol. The number of amides is 1. The summed E-state index contributed by atoms with van der Waals surface area (Å²) in [4.78, 5) is 18.6. The molecule has 1 aliphatic rings. The van der Waals surface area contributed by atoms with Gasteiger partial charge in [-0.1, -0.05) is 60.3 Å². The molecule has 0 saturated heterocycles. The molecule has 0 saturated carbocycles. The molecule has 164 valence electrons. The van der Waals surface area contributed by atoms with E-state index in [0.29, 0.717) is 15.7 Å². The molecule has 0 aliphatic heterocycles. The van der Waals surface area contributed by atoms with E-state index in [1.54, 1.807) is 4.68 Å². The predicted octanol–water partition coefficient (Wildman–Crippen LogP) is 5.48. The normalized spacial score (nSPS) is 12.7. The van der Waals surface area contributed by atoms with Crippen LogP contribution in [0.3, 0.4) is 0 Å². The number of nitriles is 1. The van der Waals surface area contributed by atoms with Gasteiger partial charge in [-0.3, -0.25) is 4.79 Å². The van der Waals surface area contributed by atoms with Gasteiger partial charge in [-0.25, -0.2) is 9.67 Å². The molecule has 2 aromatic heterocycles. The molecule has 0 bridgehead atoms. The van der Waals surface area contributed by atoms with E-state index in [9.17, 15) is 10.1 Å². The van der Waals surface area contributed by atoms with Gasteiger partial charge in [0.05, 0.1) is 17.0 Å². The quantitative estimate of drug-likeness (QED) is 0.377. The lowest BCUT2D eigenvalue weighted by Crippen LogP contribution is -2.14. The molecule has 1 amide bonds. The van der Waals surface area contributed by atoms with Crippen LogP contribution in [0, 0.1) is 11.3 Å². The lowest BCUT2D eigenvalue weighted by atomic mass is 9.96. The van der Waals surface area contributed by atoms with E-state index in [0.717, 1.165) is 48.3 Å². The van der Waals surface area contributed by atoms with Gasteiger partial charge >= 0.3 is 0 Å². The highest BCUT2D eigenvalue weighted by Gasteiger charge is 2.22. The first-order chi connectivity index (χ1) is 16.2. The molecule has 8 heteroatoms. The summed E-state index contributed by atoms with van der Waals surface area (Å²) in [6, 6.07) is 22.0. The SMILES string of the molecule is N#Cc1c(NC(=O)CSc2nc(-c3ccccc3)n(-c3ccccc3)n2)sc2c1CCCC2. The minimum atomic E-state index is -0.160. The lowest BCUT2D eigenvalue weighted by Gasteiger charge is -2.09. The van der Waals surface area contributed by atoms with Crippen molar-refractivity contribution in [2.24, 2.45) is 0 Å². The standard InChI is InChI=1S/C25H21N5OS2/c26-15-20-19-13-7-8-14-21(19)33-24(20)27-22(31)16-32-25-28-23(17-9-3-1-4-10-17)30(29-25)18-11-5-2-6-12-18/h1-6,9-12H,7-8,13-14,16H2,(H,27,31). The molecule has 1 N–H and O–H groups in total. The fourth-order valence-corrected chi connectivity index (χ4v) is 5.82. The Bertz CT molecular complexity index is 1270. The number of thiophene rings is 1. The summed E-state index contributed by atoms with van der Waals surface area (Å²) in [6.45, 7) is 0. The summed E-state index contributed by atoms with van der Waals surface area (Å²) in [5.41, 5.74) is 3.61. The van der Waals surface area contributed by atoms with Crippen molar-refractivity contribution in [1.29, 1.82) is 5.26 Å². The van der Waals surface area contributed by atoms with Crippen LogP contribution >= 0.6 is 23.1 Å². The zero-order chi connectivity index (χ0) is 22.6. The summed E-state index contributed by atoms with van der Waals surface area (Å²) < 4.78 is 1.80. The molecule has 2 aromatic carbocycles. The minimum absolute atomic E-state index is 0.160. The number of rotatable bonds is 6. The Morgan fingerprint density at radius 1 is 1.09 bits per heavy atom. The average molecular weight is 472 g/mol. The first-order valence-electron chi connectivity index (χ1n) is 10.8. The monoisotopic (exact) mass is 471 g/mol. The second-order valence-corrected chi connectivity index (χ2v) is 9.74. The molecule has 0 radical (unpaired) electrons. The number of aryl methyl sites for hydroxylation is 1. The number of thioether (sulfide) groups is 1. The van der Waals surface area contributed by atoms with Crippen LogP contribution in [0.1, 0.15) is 28.8 Å². The summed E-state index contributed by atoms with van der Waals surface area (Å²) in [5.74, 6) is 0.732. The number of para-hydroxylation sites is 1. The Hall–Kier alpha value is -3.41. The van der Waals surface area contributed by atoms with Crippen LogP contribution in [0.4, 0.5) is 5.00 Å². The maximum atomic E-state index is 12.7. The second kappa shape index (κ2) is 9.61. The van der Waals surface area contributed by atoms with Crippen LogP contribution in [-0.2, 0) is 17.6 Å². The Morgan fingerprint density at radius 2 is 1.82 bits per heavy atom. The van der Waals surface area contributed by atoms with Crippen LogP contribution in [0.5, 0.6) is 0 Å². The highest BCUT2D eigenvalue weighted by atomic mass is 32.2. The summed E-state index contributed by atoms with van der Waals surface area (Å²) in [5, 5.41) is 18.4. The lowest BCUT2D eigenvalue weighted by molar-refractivity contribution is -0.113. The van der Waals surface area contributed by atoms with Gasteiger partial charge < -0.3 is 5.32 Å². The van der Waals surface area contributed by atoms with Crippen molar-refractivity contribution in [2.45, 2.75) is 30.8 Å². The molecule has 6 nitrogen and oxygen atoms in total. The second-order valence-electron chi connectivity index (χ2n) is 7.70. The highest BCUT2D eigenvalue weighted by Crippen LogP contribution is 2.37. The highest BCUT2D eigenvalue weighted by molar-refractivity contribution is 7.99. The van der Waals surface area contributed by atoms with Gasteiger partial charge in [-0.2, -0.15) is 5.26 Å². The number of hydrogen-bond acceptors (Lipinski definition) is 6. The number of anilines is 1. The number of benzene rings is 2. The molecule has 0 fully saturated rings. The van der Waals surface area contributed by atoms with Gasteiger partial charge in [-0.15, -0.1) is 16.4 Å². The van der Waals surface area contributed by atoms with E-state index >= 15 is 0 Å². The van der Waals surface area contributed by atoms with E-state index in [1.807, 2.05) is 60.7 Å². The average Bonchev–Trinajstić information content (AvgIpc) is 3.45. The molecule has 0 spiro atoms. The van der Waals surface area contributed by atoms with E-state index in [-0.39, 0.29) is 11.7 Å². The molecule has 2 heterocycles. The molecule has 0 atom stereocenters. The Kier molecular flexibility index (Phi) is 6.24. The van der Waals surface area contributed by atoms with Crippen LogP contribution in [0.2, 0.25) is 0 Å². The van der Waals surface area contributed by atoms with Gasteiger partial charge in [0.25, 0.3) is 0 Å². The summed E-state index contributed by atoms with van der Waals surface area (Å²) in [6.07, 6.45) is 4.15. The van der Waals surface area contributed by atoms with Crippen molar-refractivity contribution in [3.05, 3.63) is 76.7 Å². The molecule has 33 heavy (non-hydrogen) atoms. The summed E-state index contributed by atoms with van der Waals surface area (Å²) in [7, 11) is 0. The minimum Gasteiger partial charge on any atom is -0.316 e. The molecule has 5 rings (SSSR count).